The number of aromatic nitrogens is 1. The van der Waals surface area contributed by atoms with Gasteiger partial charge in [-0.2, -0.15) is 0 Å². The smallest absolute Gasteiger partial charge is 0.322 e. The van der Waals surface area contributed by atoms with Crippen LogP contribution in [0.4, 0.5) is 21.9 Å². The van der Waals surface area contributed by atoms with E-state index in [9.17, 15) is 9.59 Å². The van der Waals surface area contributed by atoms with Crippen molar-refractivity contribution in [3.8, 4) is 0 Å². The van der Waals surface area contributed by atoms with Gasteiger partial charge in [0.1, 0.15) is 5.69 Å². The van der Waals surface area contributed by atoms with Gasteiger partial charge in [-0.15, -0.1) is 0 Å². The van der Waals surface area contributed by atoms with Gasteiger partial charge in [-0.1, -0.05) is 41.9 Å². The minimum atomic E-state index is -0.335. The van der Waals surface area contributed by atoms with Crippen LogP contribution in [0.25, 0.3) is 0 Å². The van der Waals surface area contributed by atoms with E-state index in [0.29, 0.717) is 36.0 Å². The molecule has 0 saturated carbocycles. The number of nitrogens with one attached hydrogen (secondary N) is 3. The van der Waals surface area contributed by atoms with Gasteiger partial charge in [-0.3, -0.25) is 9.78 Å². The lowest BCUT2D eigenvalue weighted by Gasteiger charge is -2.28. The van der Waals surface area contributed by atoms with Gasteiger partial charge in [-0.25, -0.2) is 4.79 Å². The van der Waals surface area contributed by atoms with E-state index in [-0.39, 0.29) is 29.5 Å². The summed E-state index contributed by atoms with van der Waals surface area (Å²) in [5.41, 5.74) is 3.92. The van der Waals surface area contributed by atoms with Crippen LogP contribution in [-0.4, -0.2) is 65.7 Å². The predicted octanol–water partition coefficient (Wildman–Crippen LogP) is 6.47. The normalized spacial score (nSPS) is 13.3. The number of carbonyl (C=O) groups is 2. The van der Waals surface area contributed by atoms with Crippen molar-refractivity contribution in [1.82, 2.24) is 14.8 Å². The molecular formula is C32H39ClN6O3. The number of anilines is 3. The van der Waals surface area contributed by atoms with Crippen molar-refractivity contribution in [3.05, 3.63) is 94.8 Å². The lowest BCUT2D eigenvalue weighted by Crippen LogP contribution is -2.39. The molecule has 10 heteroatoms. The highest BCUT2D eigenvalue weighted by atomic mass is 35.5. The number of carbonyl (C=O) groups excluding carboxylic acids is 2. The fraction of sp³-hybridized carbons (Fsp3) is 0.344. The van der Waals surface area contributed by atoms with Gasteiger partial charge in [0.05, 0.1) is 17.0 Å². The van der Waals surface area contributed by atoms with Crippen LogP contribution in [0.2, 0.25) is 5.02 Å². The van der Waals surface area contributed by atoms with Crippen molar-refractivity contribution in [2.75, 3.05) is 43.1 Å². The number of para-hydroxylation sites is 2. The standard InChI is InChI=1S/C32H39ClN6O3/c1-32(2,3)42-30(23-14-15-23)37-27-12-7-6-11-26(27)36-29(40)28-16-13-22(20-34-28)21-39(18-17-38(4)5)31(41)35-25-10-8-9-24(33)19-25/h6-14,16,19-20,30,37H,15,17-18,21H2,1-5H3,(H,35,41)(H,36,40). The van der Waals surface area contributed by atoms with Crippen molar-refractivity contribution in [3.63, 3.8) is 0 Å². The van der Waals surface area contributed by atoms with Crippen LogP contribution in [0.15, 0.2) is 78.5 Å². The Morgan fingerprint density at radius 2 is 1.74 bits per heavy atom. The van der Waals surface area contributed by atoms with Crippen molar-refractivity contribution in [2.24, 2.45) is 0 Å². The van der Waals surface area contributed by atoms with E-state index in [2.05, 4.69) is 27.0 Å². The Balaban J connectivity index is 1.42. The highest BCUT2D eigenvalue weighted by molar-refractivity contribution is 6.30. The molecule has 1 unspecified atom stereocenters. The van der Waals surface area contributed by atoms with Crippen molar-refractivity contribution >= 4 is 40.6 Å². The zero-order valence-corrected chi connectivity index (χ0v) is 25.5. The lowest BCUT2D eigenvalue weighted by molar-refractivity contribution is -0.0290. The van der Waals surface area contributed by atoms with Gasteiger partial charge < -0.3 is 30.5 Å². The molecule has 0 spiro atoms. The van der Waals surface area contributed by atoms with E-state index in [4.69, 9.17) is 16.3 Å². The summed E-state index contributed by atoms with van der Waals surface area (Å²) in [6.07, 6.45) is 4.39. The van der Waals surface area contributed by atoms with Gasteiger partial charge in [0.15, 0.2) is 6.23 Å². The van der Waals surface area contributed by atoms with E-state index < -0.39 is 0 Å². The minimum absolute atomic E-state index is 0.249. The minimum Gasteiger partial charge on any atom is -0.355 e. The first-order valence-corrected chi connectivity index (χ1v) is 14.3. The fourth-order valence-electron chi connectivity index (χ4n) is 4.08. The van der Waals surface area contributed by atoms with Gasteiger partial charge in [0, 0.05) is 36.5 Å². The third kappa shape index (κ3) is 9.58. The Morgan fingerprint density at radius 3 is 2.36 bits per heavy atom. The Bertz CT molecular complexity index is 1420. The number of hydrogen-bond acceptors (Lipinski definition) is 6. The SMILES string of the molecule is CN(C)CCN(Cc1ccc(C(=O)Nc2ccccc2NC(OC(C)(C)C)C2=CC2)nc1)C(=O)Nc1cccc(Cl)c1. The first-order valence-electron chi connectivity index (χ1n) is 13.9. The number of urea groups is 1. The van der Waals surface area contributed by atoms with Gasteiger partial charge in [0.25, 0.3) is 5.91 Å². The highest BCUT2D eigenvalue weighted by Crippen LogP contribution is 2.31. The third-order valence-corrected chi connectivity index (χ3v) is 6.56. The number of pyridine rings is 1. The molecule has 3 N–H and O–H groups in total. The molecule has 222 valence electrons. The van der Waals surface area contributed by atoms with Crippen molar-refractivity contribution < 1.29 is 14.3 Å². The first-order chi connectivity index (χ1) is 20.0. The molecule has 0 radical (unpaired) electrons. The number of amides is 3. The van der Waals surface area contributed by atoms with Crippen molar-refractivity contribution in [1.29, 1.82) is 0 Å². The zero-order chi connectivity index (χ0) is 30.3. The fourth-order valence-corrected chi connectivity index (χ4v) is 4.27. The summed E-state index contributed by atoms with van der Waals surface area (Å²) in [5, 5.41) is 9.84. The molecule has 4 rings (SSSR count). The summed E-state index contributed by atoms with van der Waals surface area (Å²) in [5.74, 6) is -0.335. The molecule has 0 fully saturated rings. The summed E-state index contributed by atoms with van der Waals surface area (Å²) in [4.78, 5) is 34.4. The van der Waals surface area contributed by atoms with E-state index in [1.807, 2.05) is 70.1 Å². The molecule has 2 aromatic carbocycles. The molecule has 3 amide bonds. The Kier molecular flexibility index (Phi) is 10.2. The summed E-state index contributed by atoms with van der Waals surface area (Å²) < 4.78 is 6.20. The van der Waals surface area contributed by atoms with Crippen LogP contribution >= 0.6 is 11.6 Å². The molecule has 1 aromatic heterocycles. The second kappa shape index (κ2) is 13.8. The first kappa shape index (κ1) is 31.0. The van der Waals surface area contributed by atoms with E-state index >= 15 is 0 Å². The number of nitrogens with zero attached hydrogens (tertiary/aromatic N) is 3. The van der Waals surface area contributed by atoms with Gasteiger partial charge in [0.2, 0.25) is 0 Å². The monoisotopic (exact) mass is 590 g/mol. The molecular weight excluding hydrogens is 552 g/mol. The third-order valence-electron chi connectivity index (χ3n) is 6.32. The second-order valence-corrected chi connectivity index (χ2v) is 11.9. The number of rotatable bonds is 12. The second-order valence-electron chi connectivity index (χ2n) is 11.5. The maximum atomic E-state index is 13.1. The molecule has 1 aliphatic carbocycles. The average molecular weight is 591 g/mol. The molecule has 9 nitrogen and oxygen atoms in total. The van der Waals surface area contributed by atoms with Gasteiger partial charge in [-0.05, 0) is 88.8 Å². The van der Waals surface area contributed by atoms with Crippen LogP contribution < -0.4 is 16.0 Å². The Morgan fingerprint density at radius 1 is 1.00 bits per heavy atom. The van der Waals surface area contributed by atoms with Crippen molar-refractivity contribution in [2.45, 2.75) is 45.6 Å². The quantitative estimate of drug-likeness (QED) is 0.165. The number of allylic oxidation sites excluding steroid dienone is 1. The number of halogens is 1. The molecule has 1 heterocycles. The summed E-state index contributed by atoms with van der Waals surface area (Å²) in [7, 11) is 3.91. The molecule has 0 bridgehead atoms. The zero-order valence-electron chi connectivity index (χ0n) is 24.8. The molecule has 0 saturated heterocycles. The van der Waals surface area contributed by atoms with Crippen LogP contribution in [0.3, 0.4) is 0 Å². The summed E-state index contributed by atoms with van der Waals surface area (Å²) in [6.45, 7) is 7.56. The van der Waals surface area contributed by atoms with Crippen LogP contribution in [0.1, 0.15) is 43.2 Å². The number of benzene rings is 2. The van der Waals surface area contributed by atoms with E-state index in [1.54, 1.807) is 41.4 Å². The molecule has 1 atom stereocenters. The maximum absolute atomic E-state index is 13.1. The molecule has 1 aliphatic rings. The Hall–Kier alpha value is -3.92. The van der Waals surface area contributed by atoms with Crippen LogP contribution in [-0.2, 0) is 11.3 Å². The highest BCUT2D eigenvalue weighted by Gasteiger charge is 2.27. The Labute approximate surface area is 252 Å². The predicted molar refractivity (Wildman–Crippen MR) is 169 cm³/mol. The largest absolute Gasteiger partial charge is 0.355 e. The van der Waals surface area contributed by atoms with Gasteiger partial charge >= 0.3 is 6.03 Å². The molecule has 0 aliphatic heterocycles. The summed E-state index contributed by atoms with van der Waals surface area (Å²) in [6, 6.07) is 17.8. The van der Waals surface area contributed by atoms with E-state index in [1.165, 1.54) is 5.57 Å². The molecule has 3 aromatic rings. The maximum Gasteiger partial charge on any atom is 0.322 e. The summed E-state index contributed by atoms with van der Waals surface area (Å²) >= 11 is 6.08. The van der Waals surface area contributed by atoms with Crippen LogP contribution in [0.5, 0.6) is 0 Å². The van der Waals surface area contributed by atoms with Crippen LogP contribution in [0, 0.1) is 0 Å². The average Bonchev–Trinajstić information content (AvgIpc) is 3.77. The lowest BCUT2D eigenvalue weighted by atomic mass is 10.2. The number of likely N-dealkylation sites (N-methyl/N-ethyl adjacent to an activating group) is 1. The number of ether oxygens (including phenoxy) is 1. The number of hydrogen-bond donors (Lipinski definition) is 3. The topological polar surface area (TPSA) is 98.8 Å². The van der Waals surface area contributed by atoms with E-state index in [0.717, 1.165) is 17.7 Å². The molecule has 42 heavy (non-hydrogen) atoms.